The van der Waals surface area contributed by atoms with Gasteiger partial charge in [0, 0.05) is 6.42 Å². The van der Waals surface area contributed by atoms with Gasteiger partial charge in [0.05, 0.1) is 0 Å². The number of rotatable bonds is 8. The summed E-state index contributed by atoms with van der Waals surface area (Å²) in [5.41, 5.74) is 0.238. The summed E-state index contributed by atoms with van der Waals surface area (Å²) >= 11 is 0. The molecule has 1 N–H and O–H groups in total. The number of carbonyl (C=O) groups is 1. The minimum absolute atomic E-state index is 0.238. The Morgan fingerprint density at radius 1 is 1.12 bits per heavy atom. The zero-order chi connectivity index (χ0) is 12.6. The summed E-state index contributed by atoms with van der Waals surface area (Å²) in [6.45, 7) is 8.88. The Balaban J connectivity index is 3.97. The Labute approximate surface area is 100 Å². The van der Waals surface area contributed by atoms with Crippen molar-refractivity contribution in [3.05, 3.63) is 0 Å². The fourth-order valence-electron chi connectivity index (χ4n) is 2.13. The van der Waals surface area contributed by atoms with Crippen molar-refractivity contribution < 1.29 is 9.90 Å². The fraction of sp³-hybridized carbons (Fsp3) is 0.929. The highest BCUT2D eigenvalue weighted by Gasteiger charge is 2.24. The molecule has 0 aromatic rings. The molecule has 0 bridgehead atoms. The SMILES string of the molecule is CCCCCCC(CCC(=O)O)C(C)(C)C. The maximum atomic E-state index is 10.6. The second kappa shape index (κ2) is 7.70. The molecule has 0 aromatic heterocycles. The van der Waals surface area contributed by atoms with Crippen molar-refractivity contribution in [3.8, 4) is 0 Å². The minimum Gasteiger partial charge on any atom is -0.481 e. The van der Waals surface area contributed by atoms with Crippen LogP contribution in [0.5, 0.6) is 0 Å². The van der Waals surface area contributed by atoms with Crippen molar-refractivity contribution in [2.24, 2.45) is 11.3 Å². The average Bonchev–Trinajstić information content (AvgIpc) is 2.14. The Bertz CT molecular complexity index is 191. The van der Waals surface area contributed by atoms with Gasteiger partial charge in [-0.25, -0.2) is 0 Å². The second-order valence-electron chi connectivity index (χ2n) is 5.84. The lowest BCUT2D eigenvalue weighted by Crippen LogP contribution is -2.21. The van der Waals surface area contributed by atoms with Gasteiger partial charge in [0.1, 0.15) is 0 Å². The lowest BCUT2D eigenvalue weighted by Gasteiger charge is -2.30. The van der Waals surface area contributed by atoms with Crippen molar-refractivity contribution in [2.75, 3.05) is 0 Å². The van der Waals surface area contributed by atoms with E-state index < -0.39 is 5.97 Å². The minimum atomic E-state index is -0.664. The topological polar surface area (TPSA) is 37.3 Å². The second-order valence-corrected chi connectivity index (χ2v) is 5.84. The zero-order valence-corrected chi connectivity index (χ0v) is 11.4. The van der Waals surface area contributed by atoms with Crippen LogP contribution in [0.25, 0.3) is 0 Å². The van der Waals surface area contributed by atoms with Crippen LogP contribution in [-0.2, 0) is 4.79 Å². The summed E-state index contributed by atoms with van der Waals surface area (Å²) in [5.74, 6) is -0.122. The van der Waals surface area contributed by atoms with Crippen molar-refractivity contribution in [1.29, 1.82) is 0 Å². The fourth-order valence-corrected chi connectivity index (χ4v) is 2.13. The highest BCUT2D eigenvalue weighted by Crippen LogP contribution is 2.33. The molecular formula is C14H28O2. The first-order valence-electron chi connectivity index (χ1n) is 6.59. The van der Waals surface area contributed by atoms with E-state index in [4.69, 9.17) is 5.11 Å². The molecule has 1 unspecified atom stereocenters. The van der Waals surface area contributed by atoms with Gasteiger partial charge in [-0.3, -0.25) is 4.79 Å². The van der Waals surface area contributed by atoms with Gasteiger partial charge in [-0.05, 0) is 24.2 Å². The Kier molecular flexibility index (Phi) is 7.44. The van der Waals surface area contributed by atoms with Crippen LogP contribution in [0.3, 0.4) is 0 Å². The molecule has 0 spiro atoms. The smallest absolute Gasteiger partial charge is 0.303 e. The largest absolute Gasteiger partial charge is 0.481 e. The third-order valence-electron chi connectivity index (χ3n) is 3.34. The number of hydrogen-bond acceptors (Lipinski definition) is 1. The molecule has 0 aromatic carbocycles. The van der Waals surface area contributed by atoms with Gasteiger partial charge in [-0.2, -0.15) is 0 Å². The van der Waals surface area contributed by atoms with Crippen LogP contribution >= 0.6 is 0 Å². The Morgan fingerprint density at radius 3 is 2.19 bits per heavy atom. The van der Waals surface area contributed by atoms with E-state index in [1.165, 1.54) is 32.1 Å². The summed E-state index contributed by atoms with van der Waals surface area (Å²) in [5, 5.41) is 8.74. The lowest BCUT2D eigenvalue weighted by atomic mass is 9.75. The van der Waals surface area contributed by atoms with E-state index in [0.29, 0.717) is 12.3 Å². The molecule has 2 heteroatoms. The van der Waals surface area contributed by atoms with Crippen LogP contribution in [0.1, 0.15) is 72.6 Å². The third kappa shape index (κ3) is 7.72. The molecule has 0 fully saturated rings. The van der Waals surface area contributed by atoms with Crippen LogP contribution in [0.4, 0.5) is 0 Å². The molecular weight excluding hydrogens is 200 g/mol. The molecule has 0 saturated heterocycles. The van der Waals surface area contributed by atoms with Gasteiger partial charge in [0.2, 0.25) is 0 Å². The number of carboxylic acid groups (broad SMARTS) is 1. The molecule has 0 aliphatic rings. The number of unbranched alkanes of at least 4 members (excludes halogenated alkanes) is 3. The van der Waals surface area contributed by atoms with Crippen molar-refractivity contribution in [3.63, 3.8) is 0 Å². The molecule has 0 amide bonds. The lowest BCUT2D eigenvalue weighted by molar-refractivity contribution is -0.137. The van der Waals surface area contributed by atoms with E-state index in [-0.39, 0.29) is 5.41 Å². The van der Waals surface area contributed by atoms with Crippen LogP contribution < -0.4 is 0 Å². The Hall–Kier alpha value is -0.530. The summed E-state index contributed by atoms with van der Waals surface area (Å²) in [4.78, 5) is 10.6. The Morgan fingerprint density at radius 2 is 1.75 bits per heavy atom. The number of hydrogen-bond donors (Lipinski definition) is 1. The normalized spacial score (nSPS) is 13.8. The third-order valence-corrected chi connectivity index (χ3v) is 3.34. The summed E-state index contributed by atoms with van der Waals surface area (Å²) in [7, 11) is 0. The van der Waals surface area contributed by atoms with Gasteiger partial charge in [0.25, 0.3) is 0 Å². The quantitative estimate of drug-likeness (QED) is 0.622. The van der Waals surface area contributed by atoms with Crippen LogP contribution in [0.2, 0.25) is 0 Å². The summed E-state index contributed by atoms with van der Waals surface area (Å²) in [6.07, 6.45) is 7.41. The van der Waals surface area contributed by atoms with E-state index in [0.717, 1.165) is 6.42 Å². The van der Waals surface area contributed by atoms with E-state index in [1.54, 1.807) is 0 Å². The summed E-state index contributed by atoms with van der Waals surface area (Å²) < 4.78 is 0. The van der Waals surface area contributed by atoms with Crippen molar-refractivity contribution in [2.45, 2.75) is 72.6 Å². The predicted octanol–water partition coefficient (Wildman–Crippen LogP) is 4.48. The first-order valence-corrected chi connectivity index (χ1v) is 6.59. The number of aliphatic carboxylic acids is 1. The monoisotopic (exact) mass is 228 g/mol. The first-order chi connectivity index (χ1) is 7.38. The van der Waals surface area contributed by atoms with Gasteiger partial charge in [-0.15, -0.1) is 0 Å². The van der Waals surface area contributed by atoms with E-state index in [1.807, 2.05) is 0 Å². The molecule has 1 atom stereocenters. The standard InChI is InChI=1S/C14H28O2/c1-5-6-7-8-9-12(14(2,3)4)10-11-13(15)16/h12H,5-11H2,1-4H3,(H,15,16). The maximum absolute atomic E-state index is 10.6. The number of carboxylic acids is 1. The van der Waals surface area contributed by atoms with Gasteiger partial charge < -0.3 is 5.11 Å². The van der Waals surface area contributed by atoms with Crippen molar-refractivity contribution in [1.82, 2.24) is 0 Å². The van der Waals surface area contributed by atoms with E-state index >= 15 is 0 Å². The molecule has 0 heterocycles. The van der Waals surface area contributed by atoms with E-state index in [9.17, 15) is 4.79 Å². The highest BCUT2D eigenvalue weighted by molar-refractivity contribution is 5.66. The van der Waals surface area contributed by atoms with Crippen LogP contribution in [0.15, 0.2) is 0 Å². The molecule has 0 radical (unpaired) electrons. The van der Waals surface area contributed by atoms with Crippen molar-refractivity contribution >= 4 is 5.97 Å². The van der Waals surface area contributed by atoms with Crippen LogP contribution in [-0.4, -0.2) is 11.1 Å². The highest BCUT2D eigenvalue weighted by atomic mass is 16.4. The molecule has 0 aliphatic carbocycles. The molecule has 0 rings (SSSR count). The van der Waals surface area contributed by atoms with E-state index in [2.05, 4.69) is 27.7 Å². The predicted molar refractivity (Wildman–Crippen MR) is 68.6 cm³/mol. The van der Waals surface area contributed by atoms with Crippen LogP contribution in [0, 0.1) is 11.3 Å². The molecule has 0 aliphatic heterocycles. The zero-order valence-electron chi connectivity index (χ0n) is 11.4. The van der Waals surface area contributed by atoms with Gasteiger partial charge in [-0.1, -0.05) is 53.4 Å². The van der Waals surface area contributed by atoms with Gasteiger partial charge in [0.15, 0.2) is 0 Å². The van der Waals surface area contributed by atoms with Gasteiger partial charge >= 0.3 is 5.97 Å². The molecule has 96 valence electrons. The molecule has 0 saturated carbocycles. The maximum Gasteiger partial charge on any atom is 0.303 e. The molecule has 16 heavy (non-hydrogen) atoms. The summed E-state index contributed by atoms with van der Waals surface area (Å²) in [6, 6.07) is 0. The first kappa shape index (κ1) is 15.5. The average molecular weight is 228 g/mol. The molecule has 2 nitrogen and oxygen atoms in total.